The molecule has 0 bridgehead atoms. The van der Waals surface area contributed by atoms with Crippen molar-refractivity contribution >= 4 is 39.3 Å². The number of thioether (sulfide) groups is 1. The van der Waals surface area contributed by atoms with Gasteiger partial charge in [-0.25, -0.2) is 4.90 Å². The fourth-order valence-electron chi connectivity index (χ4n) is 3.75. The van der Waals surface area contributed by atoms with Crippen molar-refractivity contribution < 1.29 is 19.0 Å². The van der Waals surface area contributed by atoms with Gasteiger partial charge in [0.2, 0.25) is 11.1 Å². The number of aromatic nitrogens is 3. The number of carbonyl (C=O) groups excluding carboxylic acids is 1. The first-order valence-electron chi connectivity index (χ1n) is 9.32. The Morgan fingerprint density at radius 3 is 2.55 bits per heavy atom. The lowest BCUT2D eigenvalue weighted by molar-refractivity contribution is -0.763. The predicted molar refractivity (Wildman–Crippen MR) is 121 cm³/mol. The molecule has 160 valence electrons. The Kier molecular flexibility index (Phi) is 5.76. The van der Waals surface area contributed by atoms with Crippen LogP contribution in [0.1, 0.15) is 18.7 Å². The average Bonchev–Trinajstić information content (AvgIpc) is 2.77. The van der Waals surface area contributed by atoms with Crippen molar-refractivity contribution in [3.8, 4) is 22.8 Å². The zero-order valence-corrected chi connectivity index (χ0v) is 19.7. The Labute approximate surface area is 191 Å². The van der Waals surface area contributed by atoms with Crippen LogP contribution < -0.4 is 24.6 Å². The van der Waals surface area contributed by atoms with Crippen LogP contribution in [-0.2, 0) is 4.79 Å². The van der Waals surface area contributed by atoms with Crippen LogP contribution in [0.5, 0.6) is 11.5 Å². The Balaban J connectivity index is 2.10. The largest absolute Gasteiger partial charge is 0.493 e. The molecule has 1 amide bonds. The molecule has 1 aromatic heterocycles. The van der Waals surface area contributed by atoms with Gasteiger partial charge in [0.25, 0.3) is 6.17 Å². The van der Waals surface area contributed by atoms with Gasteiger partial charge >= 0.3 is 11.3 Å². The van der Waals surface area contributed by atoms with E-state index >= 15 is 0 Å². The van der Waals surface area contributed by atoms with Gasteiger partial charge in [0.05, 0.1) is 31.0 Å². The SMILES string of the molecule is COc1cc(Br)c([C@H]2N(C(C)=O)c3ccccc3-c3c(=O)[nH]c(SC)n[n+]32)cc1OC. The number of hydrogen-bond acceptors (Lipinski definition) is 6. The van der Waals surface area contributed by atoms with Crippen LogP contribution in [-0.4, -0.2) is 36.5 Å². The lowest BCUT2D eigenvalue weighted by Gasteiger charge is -2.32. The molecular weight excluding hydrogens is 484 g/mol. The molecule has 1 atom stereocenters. The molecule has 0 fully saturated rings. The number of nitrogens with one attached hydrogen (secondary N) is 1. The van der Waals surface area contributed by atoms with Crippen LogP contribution in [0.15, 0.2) is 50.8 Å². The summed E-state index contributed by atoms with van der Waals surface area (Å²) < 4.78 is 13.2. The van der Waals surface area contributed by atoms with Gasteiger partial charge in [0, 0.05) is 16.5 Å². The molecule has 2 aromatic carbocycles. The second-order valence-electron chi connectivity index (χ2n) is 6.77. The van der Waals surface area contributed by atoms with Crippen molar-refractivity contribution in [3.05, 3.63) is 56.8 Å². The van der Waals surface area contributed by atoms with E-state index in [-0.39, 0.29) is 11.5 Å². The summed E-state index contributed by atoms with van der Waals surface area (Å²) in [4.78, 5) is 30.4. The number of para-hydroxylation sites is 1. The number of anilines is 1. The monoisotopic (exact) mass is 503 g/mol. The minimum Gasteiger partial charge on any atom is -0.493 e. The van der Waals surface area contributed by atoms with E-state index in [1.165, 1.54) is 18.7 Å². The molecule has 1 N–H and O–H groups in total. The molecular formula is C21H20BrN4O4S+. The summed E-state index contributed by atoms with van der Waals surface area (Å²) in [6, 6.07) is 10.9. The molecule has 1 aliphatic rings. The van der Waals surface area contributed by atoms with Crippen LogP contribution in [0.25, 0.3) is 11.3 Å². The number of methoxy groups -OCH3 is 2. The fourth-order valence-corrected chi connectivity index (χ4v) is 4.64. The normalized spacial score (nSPS) is 14.6. The molecule has 0 saturated carbocycles. The maximum atomic E-state index is 13.1. The van der Waals surface area contributed by atoms with Gasteiger partial charge in [0.15, 0.2) is 11.5 Å². The van der Waals surface area contributed by atoms with Crippen molar-refractivity contribution in [1.82, 2.24) is 10.1 Å². The second kappa shape index (κ2) is 8.35. The first kappa shape index (κ1) is 21.4. The fraction of sp³-hybridized carbons (Fsp3) is 0.238. The molecule has 0 saturated heterocycles. The van der Waals surface area contributed by atoms with Crippen LogP contribution in [0.3, 0.4) is 0 Å². The zero-order valence-electron chi connectivity index (χ0n) is 17.3. The molecule has 0 spiro atoms. The number of nitrogens with zero attached hydrogens (tertiary/aromatic N) is 3. The molecule has 0 unspecified atom stereocenters. The second-order valence-corrected chi connectivity index (χ2v) is 8.41. The van der Waals surface area contributed by atoms with Crippen LogP contribution in [0.2, 0.25) is 0 Å². The smallest absolute Gasteiger partial charge is 0.325 e. The maximum absolute atomic E-state index is 13.1. The molecule has 0 aliphatic carbocycles. The van der Waals surface area contributed by atoms with Gasteiger partial charge < -0.3 is 9.47 Å². The quantitative estimate of drug-likeness (QED) is 0.434. The predicted octanol–water partition coefficient (Wildman–Crippen LogP) is 3.14. The minimum atomic E-state index is -0.718. The van der Waals surface area contributed by atoms with Crippen molar-refractivity contribution in [1.29, 1.82) is 0 Å². The standard InChI is InChI=1S/C21H19BrN4O4S/c1-11(27)25-15-8-6-5-7-12(15)18-19(28)23-21(31-4)24-26(18)20(25)13-9-16(29-2)17(30-3)10-14(13)22/h5-10,20H,1-4H3/p+1/t20-/m0/s1. The number of H-pyrrole nitrogens is 1. The van der Waals surface area contributed by atoms with Gasteiger partial charge in [-0.2, -0.15) is 0 Å². The maximum Gasteiger partial charge on any atom is 0.325 e. The highest BCUT2D eigenvalue weighted by Crippen LogP contribution is 2.42. The third-order valence-electron chi connectivity index (χ3n) is 5.07. The molecule has 10 heteroatoms. The van der Waals surface area contributed by atoms with Crippen LogP contribution in [0.4, 0.5) is 5.69 Å². The summed E-state index contributed by atoms with van der Waals surface area (Å²) in [5, 5.41) is 5.10. The third-order valence-corrected chi connectivity index (χ3v) is 6.33. The molecule has 3 aromatic rings. The highest BCUT2D eigenvalue weighted by molar-refractivity contribution is 9.10. The van der Waals surface area contributed by atoms with E-state index in [1.54, 1.807) is 35.9 Å². The van der Waals surface area contributed by atoms with E-state index in [2.05, 4.69) is 26.0 Å². The summed E-state index contributed by atoms with van der Waals surface area (Å²) in [5.74, 6) is 0.850. The summed E-state index contributed by atoms with van der Waals surface area (Å²) >= 11 is 4.92. The molecule has 31 heavy (non-hydrogen) atoms. The van der Waals surface area contributed by atoms with E-state index < -0.39 is 6.17 Å². The summed E-state index contributed by atoms with van der Waals surface area (Å²) in [5.41, 5.74) is 2.05. The molecule has 8 nitrogen and oxygen atoms in total. The third kappa shape index (κ3) is 3.49. The van der Waals surface area contributed by atoms with Crippen molar-refractivity contribution in [2.75, 3.05) is 25.4 Å². The number of halogens is 1. The number of aromatic amines is 1. The Morgan fingerprint density at radius 2 is 1.90 bits per heavy atom. The number of benzene rings is 2. The Bertz CT molecular complexity index is 1250. The number of carbonyl (C=O) groups is 1. The van der Waals surface area contributed by atoms with E-state index in [0.717, 1.165) is 0 Å². The molecule has 2 heterocycles. The Hall–Kier alpha value is -2.85. The van der Waals surface area contributed by atoms with E-state index in [9.17, 15) is 9.59 Å². The van der Waals surface area contributed by atoms with E-state index in [0.29, 0.717) is 43.6 Å². The van der Waals surface area contributed by atoms with Gasteiger partial charge in [-0.05, 0) is 35.2 Å². The summed E-state index contributed by atoms with van der Waals surface area (Å²) in [6.07, 6.45) is 1.11. The van der Waals surface area contributed by atoms with Crippen LogP contribution >= 0.6 is 27.7 Å². The number of amides is 1. The number of ether oxygens (including phenoxy) is 2. The Morgan fingerprint density at radius 1 is 1.23 bits per heavy atom. The van der Waals surface area contributed by atoms with E-state index in [1.807, 2.05) is 30.5 Å². The average molecular weight is 504 g/mol. The lowest BCUT2D eigenvalue weighted by atomic mass is 10.0. The van der Waals surface area contributed by atoms with Gasteiger partial charge in [-0.3, -0.25) is 14.6 Å². The zero-order chi connectivity index (χ0) is 22.3. The van der Waals surface area contributed by atoms with E-state index in [4.69, 9.17) is 9.47 Å². The lowest BCUT2D eigenvalue weighted by Crippen LogP contribution is -2.60. The van der Waals surface area contributed by atoms with Crippen molar-refractivity contribution in [2.24, 2.45) is 0 Å². The van der Waals surface area contributed by atoms with Gasteiger partial charge in [0.1, 0.15) is 0 Å². The summed E-state index contributed by atoms with van der Waals surface area (Å²) in [6.45, 7) is 1.49. The number of rotatable bonds is 4. The van der Waals surface area contributed by atoms with Crippen LogP contribution in [0, 0.1) is 0 Å². The highest BCUT2D eigenvalue weighted by Gasteiger charge is 2.46. The first-order valence-corrected chi connectivity index (χ1v) is 11.3. The number of fused-ring (bicyclic) bond motifs is 3. The minimum absolute atomic E-state index is 0.190. The molecule has 4 rings (SSSR count). The van der Waals surface area contributed by atoms with Gasteiger partial charge in [-0.1, -0.05) is 39.8 Å². The first-order chi connectivity index (χ1) is 14.9. The van der Waals surface area contributed by atoms with Crippen molar-refractivity contribution in [3.63, 3.8) is 0 Å². The topological polar surface area (TPSA) is 88.4 Å². The van der Waals surface area contributed by atoms with Gasteiger partial charge in [-0.15, -0.1) is 0 Å². The highest BCUT2D eigenvalue weighted by atomic mass is 79.9. The molecule has 1 aliphatic heterocycles. The van der Waals surface area contributed by atoms with Crippen molar-refractivity contribution in [2.45, 2.75) is 18.2 Å². The molecule has 0 radical (unpaired) electrons. The number of hydrogen-bond donors (Lipinski definition) is 1. The summed E-state index contributed by atoms with van der Waals surface area (Å²) in [7, 11) is 3.10.